The zero-order chi connectivity index (χ0) is 12.5. The molecule has 2 unspecified atom stereocenters. The van der Waals surface area contributed by atoms with E-state index in [1.807, 2.05) is 18.2 Å². The number of carboxylic acid groups (broad SMARTS) is 1. The molecule has 0 spiro atoms. The monoisotopic (exact) mass is 245 g/mol. The van der Waals surface area contributed by atoms with Crippen molar-refractivity contribution >= 4 is 16.9 Å². The number of fused-ring (bicyclic) bond motifs is 1. The van der Waals surface area contributed by atoms with Crippen molar-refractivity contribution in [3.63, 3.8) is 0 Å². The molecule has 4 heteroatoms. The number of hydrogen-bond donors (Lipinski definition) is 2. The summed E-state index contributed by atoms with van der Waals surface area (Å²) in [5, 5.41) is 13.3. The molecule has 0 bridgehead atoms. The smallest absolute Gasteiger partial charge is 0.320 e. The molecule has 18 heavy (non-hydrogen) atoms. The molecule has 2 atom stereocenters. The van der Waals surface area contributed by atoms with Gasteiger partial charge in [0.05, 0.1) is 6.26 Å². The highest BCUT2D eigenvalue weighted by molar-refractivity contribution is 5.78. The highest BCUT2D eigenvalue weighted by Crippen LogP contribution is 2.28. The Bertz CT molecular complexity index is 575. The highest BCUT2D eigenvalue weighted by Gasteiger charge is 2.26. The largest absolute Gasteiger partial charge is 0.480 e. The van der Waals surface area contributed by atoms with Crippen molar-refractivity contribution in [3.05, 3.63) is 36.1 Å². The summed E-state index contributed by atoms with van der Waals surface area (Å²) in [5.41, 5.74) is 2.00. The SMILES string of the molecule is O=C(O)C1CCCC(c2ccc3occc3c2)N1. The summed E-state index contributed by atoms with van der Waals surface area (Å²) in [7, 11) is 0. The maximum absolute atomic E-state index is 11.0. The van der Waals surface area contributed by atoms with Gasteiger partial charge in [0.2, 0.25) is 0 Å². The fourth-order valence-corrected chi connectivity index (χ4v) is 2.60. The van der Waals surface area contributed by atoms with Crippen molar-refractivity contribution in [3.8, 4) is 0 Å². The van der Waals surface area contributed by atoms with Crippen molar-refractivity contribution in [1.82, 2.24) is 5.32 Å². The third-order valence-electron chi connectivity index (χ3n) is 3.56. The number of carbonyl (C=O) groups is 1. The third-order valence-corrected chi connectivity index (χ3v) is 3.56. The van der Waals surface area contributed by atoms with Gasteiger partial charge in [-0.2, -0.15) is 0 Å². The van der Waals surface area contributed by atoms with Gasteiger partial charge in [-0.05, 0) is 43.0 Å². The van der Waals surface area contributed by atoms with Crippen LogP contribution in [-0.2, 0) is 4.79 Å². The van der Waals surface area contributed by atoms with E-state index in [0.29, 0.717) is 6.42 Å². The summed E-state index contributed by atoms with van der Waals surface area (Å²) in [6.45, 7) is 0. The summed E-state index contributed by atoms with van der Waals surface area (Å²) >= 11 is 0. The Balaban J connectivity index is 1.86. The van der Waals surface area contributed by atoms with E-state index in [1.54, 1.807) is 6.26 Å². The Morgan fingerprint density at radius 1 is 1.33 bits per heavy atom. The molecule has 1 aromatic heterocycles. The fraction of sp³-hybridized carbons (Fsp3) is 0.357. The lowest BCUT2D eigenvalue weighted by atomic mass is 9.93. The maximum atomic E-state index is 11.0. The Morgan fingerprint density at radius 2 is 2.22 bits per heavy atom. The van der Waals surface area contributed by atoms with E-state index in [1.165, 1.54) is 0 Å². The van der Waals surface area contributed by atoms with E-state index in [-0.39, 0.29) is 6.04 Å². The average Bonchev–Trinajstić information content (AvgIpc) is 2.86. The second kappa shape index (κ2) is 4.46. The molecule has 1 aliphatic rings. The lowest BCUT2D eigenvalue weighted by Crippen LogP contribution is -2.42. The van der Waals surface area contributed by atoms with Gasteiger partial charge in [0.15, 0.2) is 0 Å². The van der Waals surface area contributed by atoms with Gasteiger partial charge in [0.25, 0.3) is 0 Å². The molecule has 0 amide bonds. The van der Waals surface area contributed by atoms with Crippen molar-refractivity contribution in [1.29, 1.82) is 0 Å². The summed E-state index contributed by atoms with van der Waals surface area (Å²) in [5.74, 6) is -0.760. The summed E-state index contributed by atoms with van der Waals surface area (Å²) in [6, 6.07) is 7.64. The first-order valence-electron chi connectivity index (χ1n) is 6.20. The zero-order valence-electron chi connectivity index (χ0n) is 9.93. The third kappa shape index (κ3) is 1.99. The van der Waals surface area contributed by atoms with Crippen LogP contribution < -0.4 is 5.32 Å². The molecule has 1 fully saturated rings. The first-order valence-corrected chi connectivity index (χ1v) is 6.20. The van der Waals surface area contributed by atoms with Crippen LogP contribution in [0.4, 0.5) is 0 Å². The van der Waals surface area contributed by atoms with Gasteiger partial charge in [0.1, 0.15) is 11.6 Å². The normalized spacial score (nSPS) is 24.2. The van der Waals surface area contributed by atoms with Gasteiger partial charge in [-0.15, -0.1) is 0 Å². The molecule has 0 aliphatic carbocycles. The van der Waals surface area contributed by atoms with Crippen LogP contribution in [0.15, 0.2) is 34.9 Å². The van der Waals surface area contributed by atoms with Gasteiger partial charge in [-0.25, -0.2) is 0 Å². The molecule has 0 radical (unpaired) electrons. The number of hydrogen-bond acceptors (Lipinski definition) is 3. The van der Waals surface area contributed by atoms with Gasteiger partial charge >= 0.3 is 5.97 Å². The summed E-state index contributed by atoms with van der Waals surface area (Å²) in [4.78, 5) is 11.0. The minimum Gasteiger partial charge on any atom is -0.480 e. The van der Waals surface area contributed by atoms with E-state index in [0.717, 1.165) is 29.4 Å². The number of furan rings is 1. The van der Waals surface area contributed by atoms with Gasteiger partial charge < -0.3 is 9.52 Å². The summed E-state index contributed by atoms with van der Waals surface area (Å²) in [6.07, 6.45) is 4.30. The molecule has 94 valence electrons. The van der Waals surface area contributed by atoms with Gasteiger partial charge in [-0.1, -0.05) is 6.07 Å². The van der Waals surface area contributed by atoms with Crippen LogP contribution in [0.5, 0.6) is 0 Å². The second-order valence-corrected chi connectivity index (χ2v) is 4.76. The fourth-order valence-electron chi connectivity index (χ4n) is 2.60. The Morgan fingerprint density at radius 3 is 3.06 bits per heavy atom. The molecule has 0 saturated carbocycles. The molecular formula is C14H15NO3. The minimum atomic E-state index is -0.760. The van der Waals surface area contributed by atoms with Crippen molar-refractivity contribution in [2.45, 2.75) is 31.3 Å². The zero-order valence-corrected chi connectivity index (χ0v) is 9.93. The predicted octanol–water partition coefficient (Wildman–Crippen LogP) is 2.70. The Hall–Kier alpha value is -1.81. The number of nitrogens with one attached hydrogen (secondary N) is 1. The van der Waals surface area contributed by atoms with E-state index in [9.17, 15) is 4.79 Å². The second-order valence-electron chi connectivity index (χ2n) is 4.76. The van der Waals surface area contributed by atoms with Crippen LogP contribution in [0.25, 0.3) is 11.0 Å². The topological polar surface area (TPSA) is 62.5 Å². The van der Waals surface area contributed by atoms with Crippen LogP contribution in [0, 0.1) is 0 Å². The minimum absolute atomic E-state index is 0.124. The number of rotatable bonds is 2. The van der Waals surface area contributed by atoms with Crippen LogP contribution in [-0.4, -0.2) is 17.1 Å². The molecule has 1 aliphatic heterocycles. The van der Waals surface area contributed by atoms with Crippen LogP contribution >= 0.6 is 0 Å². The molecule has 4 nitrogen and oxygen atoms in total. The molecule has 2 aromatic rings. The molecule has 1 saturated heterocycles. The van der Waals surface area contributed by atoms with Gasteiger partial charge in [0, 0.05) is 11.4 Å². The molecule has 2 N–H and O–H groups in total. The quantitative estimate of drug-likeness (QED) is 0.854. The highest BCUT2D eigenvalue weighted by atomic mass is 16.4. The van der Waals surface area contributed by atoms with Crippen molar-refractivity contribution in [2.24, 2.45) is 0 Å². The summed E-state index contributed by atoms with van der Waals surface area (Å²) < 4.78 is 5.31. The Kier molecular flexibility index (Phi) is 2.80. The van der Waals surface area contributed by atoms with Gasteiger partial charge in [-0.3, -0.25) is 10.1 Å². The standard InChI is InChI=1S/C14H15NO3/c16-14(17)12-3-1-2-11(15-12)9-4-5-13-10(8-9)6-7-18-13/h4-8,11-12,15H,1-3H2,(H,16,17). The van der Waals surface area contributed by atoms with Crippen LogP contribution in [0.1, 0.15) is 30.9 Å². The molecule has 1 aromatic carbocycles. The number of benzene rings is 1. The number of piperidine rings is 1. The van der Waals surface area contributed by atoms with Crippen molar-refractivity contribution in [2.75, 3.05) is 0 Å². The predicted molar refractivity (Wildman–Crippen MR) is 67.4 cm³/mol. The first kappa shape index (κ1) is 11.3. The first-order chi connectivity index (χ1) is 8.74. The van der Waals surface area contributed by atoms with Crippen LogP contribution in [0.3, 0.4) is 0 Å². The molecular weight excluding hydrogens is 230 g/mol. The van der Waals surface area contributed by atoms with Crippen LogP contribution in [0.2, 0.25) is 0 Å². The molecule has 3 rings (SSSR count). The Labute approximate surface area is 105 Å². The lowest BCUT2D eigenvalue weighted by Gasteiger charge is -2.28. The maximum Gasteiger partial charge on any atom is 0.320 e. The number of aliphatic carboxylic acids is 1. The lowest BCUT2D eigenvalue weighted by molar-refractivity contribution is -0.140. The van der Waals surface area contributed by atoms with E-state index >= 15 is 0 Å². The van der Waals surface area contributed by atoms with E-state index in [4.69, 9.17) is 9.52 Å². The van der Waals surface area contributed by atoms with Crippen molar-refractivity contribution < 1.29 is 14.3 Å². The average molecular weight is 245 g/mol. The molecule has 2 heterocycles. The number of carboxylic acids is 1. The van der Waals surface area contributed by atoms with E-state index < -0.39 is 12.0 Å². The van der Waals surface area contributed by atoms with E-state index in [2.05, 4.69) is 11.4 Å².